The molecule has 0 spiro atoms. The van der Waals surface area contributed by atoms with Crippen molar-refractivity contribution in [2.24, 2.45) is 0 Å². The van der Waals surface area contributed by atoms with E-state index in [1.54, 1.807) is 0 Å². The molecule has 0 amide bonds. The van der Waals surface area contributed by atoms with E-state index in [0.717, 1.165) is 19.3 Å². The molecule has 0 heterocycles. The summed E-state index contributed by atoms with van der Waals surface area (Å²) in [5.74, 6) is 0. The van der Waals surface area contributed by atoms with Crippen LogP contribution in [0.25, 0.3) is 0 Å². The Morgan fingerprint density at radius 2 is 1.62 bits per heavy atom. The van der Waals surface area contributed by atoms with Gasteiger partial charge in [-0.3, -0.25) is 0 Å². The standard InChI is InChI=1S/C19H38O2/c1-5-7-9-11-13-15-19(14-12-10-8-6-2)21-18(4)16-17(3)20/h12,14,17-20H,5-11,13,15-16H2,1-4H3/b14-12+/t17-,18-,19+/m0/s1. The molecule has 0 aliphatic heterocycles. The predicted octanol–water partition coefficient (Wildman–Crippen LogP) is 5.64. The third-order valence-electron chi connectivity index (χ3n) is 3.75. The fraction of sp³-hybridized carbons (Fsp3) is 0.895. The first-order valence-electron chi connectivity index (χ1n) is 9.10. The van der Waals surface area contributed by atoms with Crippen LogP contribution in [0.5, 0.6) is 0 Å². The molecule has 0 rings (SSSR count). The van der Waals surface area contributed by atoms with Crippen LogP contribution in [0.4, 0.5) is 0 Å². The first kappa shape index (κ1) is 20.7. The number of hydrogen-bond donors (Lipinski definition) is 1. The normalized spacial score (nSPS) is 16.2. The summed E-state index contributed by atoms with van der Waals surface area (Å²) in [5, 5.41) is 9.46. The molecule has 0 radical (unpaired) electrons. The minimum atomic E-state index is -0.283. The van der Waals surface area contributed by atoms with Crippen LogP contribution in [0.1, 0.15) is 91.9 Å². The Morgan fingerprint density at radius 3 is 2.24 bits per heavy atom. The second-order valence-corrected chi connectivity index (χ2v) is 6.34. The summed E-state index contributed by atoms with van der Waals surface area (Å²) in [5.41, 5.74) is 0. The van der Waals surface area contributed by atoms with Gasteiger partial charge in [0, 0.05) is 0 Å². The number of aliphatic hydroxyl groups is 1. The third-order valence-corrected chi connectivity index (χ3v) is 3.75. The Bertz CT molecular complexity index is 236. The Kier molecular flexibility index (Phi) is 14.4. The molecular weight excluding hydrogens is 260 g/mol. The van der Waals surface area contributed by atoms with Crippen LogP contribution in [0, 0.1) is 0 Å². The average molecular weight is 299 g/mol. The van der Waals surface area contributed by atoms with Gasteiger partial charge in [0.2, 0.25) is 0 Å². The van der Waals surface area contributed by atoms with Crippen LogP contribution in [-0.2, 0) is 4.74 Å². The zero-order chi connectivity index (χ0) is 15.9. The fourth-order valence-corrected chi connectivity index (χ4v) is 2.56. The molecule has 0 aliphatic carbocycles. The summed E-state index contributed by atoms with van der Waals surface area (Å²) in [7, 11) is 0. The monoisotopic (exact) mass is 298 g/mol. The number of rotatable bonds is 14. The molecule has 2 nitrogen and oxygen atoms in total. The highest BCUT2D eigenvalue weighted by Crippen LogP contribution is 2.15. The molecule has 0 saturated carbocycles. The van der Waals surface area contributed by atoms with Crippen molar-refractivity contribution in [3.05, 3.63) is 12.2 Å². The van der Waals surface area contributed by atoms with Crippen LogP contribution < -0.4 is 0 Å². The van der Waals surface area contributed by atoms with Gasteiger partial charge in [0.15, 0.2) is 0 Å². The Balaban J connectivity index is 4.10. The number of allylic oxidation sites excluding steroid dienone is 1. The summed E-state index contributed by atoms with van der Waals surface area (Å²) in [4.78, 5) is 0. The molecule has 0 bridgehead atoms. The van der Waals surface area contributed by atoms with Gasteiger partial charge in [0.25, 0.3) is 0 Å². The summed E-state index contributed by atoms with van der Waals surface area (Å²) in [6.45, 7) is 8.37. The Labute approximate surface area is 133 Å². The third kappa shape index (κ3) is 14.4. The lowest BCUT2D eigenvalue weighted by atomic mass is 10.1. The van der Waals surface area contributed by atoms with Gasteiger partial charge in [-0.05, 0) is 33.1 Å². The van der Waals surface area contributed by atoms with E-state index in [0.29, 0.717) is 0 Å². The molecule has 0 aromatic carbocycles. The molecule has 1 N–H and O–H groups in total. The van der Waals surface area contributed by atoms with E-state index in [4.69, 9.17) is 4.74 Å². The molecule has 0 aromatic rings. The van der Waals surface area contributed by atoms with Crippen LogP contribution in [-0.4, -0.2) is 23.4 Å². The molecule has 3 atom stereocenters. The topological polar surface area (TPSA) is 29.5 Å². The number of hydrogen-bond acceptors (Lipinski definition) is 2. The number of unbranched alkanes of at least 4 members (excludes halogenated alkanes) is 6. The molecule has 0 aromatic heterocycles. The van der Waals surface area contributed by atoms with Crippen molar-refractivity contribution in [3.63, 3.8) is 0 Å². The lowest BCUT2D eigenvalue weighted by Crippen LogP contribution is -2.22. The van der Waals surface area contributed by atoms with Crippen molar-refractivity contribution >= 4 is 0 Å². The van der Waals surface area contributed by atoms with Gasteiger partial charge in [-0.2, -0.15) is 0 Å². The van der Waals surface area contributed by atoms with Crippen molar-refractivity contribution in [2.45, 2.75) is 110 Å². The first-order chi connectivity index (χ1) is 10.1. The van der Waals surface area contributed by atoms with Gasteiger partial charge >= 0.3 is 0 Å². The van der Waals surface area contributed by atoms with Crippen molar-refractivity contribution in [2.75, 3.05) is 0 Å². The van der Waals surface area contributed by atoms with Crippen molar-refractivity contribution in [1.82, 2.24) is 0 Å². The van der Waals surface area contributed by atoms with Gasteiger partial charge in [-0.15, -0.1) is 0 Å². The van der Waals surface area contributed by atoms with Crippen LogP contribution in [0.15, 0.2) is 12.2 Å². The predicted molar refractivity (Wildman–Crippen MR) is 92.7 cm³/mol. The van der Waals surface area contributed by atoms with E-state index in [9.17, 15) is 5.11 Å². The second-order valence-electron chi connectivity index (χ2n) is 6.34. The molecule has 126 valence electrons. The zero-order valence-corrected chi connectivity index (χ0v) is 14.8. The second kappa shape index (κ2) is 14.6. The first-order valence-corrected chi connectivity index (χ1v) is 9.10. The minimum Gasteiger partial charge on any atom is -0.393 e. The fourth-order valence-electron chi connectivity index (χ4n) is 2.56. The largest absolute Gasteiger partial charge is 0.393 e. The lowest BCUT2D eigenvalue weighted by molar-refractivity contribution is -0.00666. The number of ether oxygens (including phenoxy) is 1. The van der Waals surface area contributed by atoms with Gasteiger partial charge in [0.05, 0.1) is 18.3 Å². The maximum atomic E-state index is 9.46. The molecule has 21 heavy (non-hydrogen) atoms. The summed E-state index contributed by atoms with van der Waals surface area (Å²) in [6.07, 6.45) is 16.6. The minimum absolute atomic E-state index is 0.126. The molecular formula is C19H38O2. The van der Waals surface area contributed by atoms with Crippen molar-refractivity contribution < 1.29 is 9.84 Å². The van der Waals surface area contributed by atoms with E-state index >= 15 is 0 Å². The Morgan fingerprint density at radius 1 is 0.952 bits per heavy atom. The maximum Gasteiger partial charge on any atom is 0.0759 e. The van der Waals surface area contributed by atoms with Gasteiger partial charge < -0.3 is 9.84 Å². The molecule has 0 unspecified atom stereocenters. The van der Waals surface area contributed by atoms with E-state index in [1.165, 1.54) is 44.9 Å². The summed E-state index contributed by atoms with van der Waals surface area (Å²) >= 11 is 0. The van der Waals surface area contributed by atoms with Gasteiger partial charge in [0.1, 0.15) is 0 Å². The molecule has 0 saturated heterocycles. The van der Waals surface area contributed by atoms with Crippen molar-refractivity contribution in [1.29, 1.82) is 0 Å². The Hall–Kier alpha value is -0.340. The summed E-state index contributed by atoms with van der Waals surface area (Å²) in [6, 6.07) is 0. The van der Waals surface area contributed by atoms with E-state index in [1.807, 2.05) is 6.92 Å². The van der Waals surface area contributed by atoms with Crippen LogP contribution >= 0.6 is 0 Å². The van der Waals surface area contributed by atoms with Crippen LogP contribution in [0.3, 0.4) is 0 Å². The van der Waals surface area contributed by atoms with E-state index < -0.39 is 0 Å². The van der Waals surface area contributed by atoms with Gasteiger partial charge in [-0.1, -0.05) is 70.9 Å². The highest BCUT2D eigenvalue weighted by molar-refractivity contribution is 4.90. The average Bonchev–Trinajstić information content (AvgIpc) is 2.42. The van der Waals surface area contributed by atoms with Gasteiger partial charge in [-0.25, -0.2) is 0 Å². The van der Waals surface area contributed by atoms with Crippen molar-refractivity contribution in [3.8, 4) is 0 Å². The molecule has 0 aliphatic rings. The maximum absolute atomic E-state index is 9.46. The van der Waals surface area contributed by atoms with Crippen LogP contribution in [0.2, 0.25) is 0 Å². The lowest BCUT2D eigenvalue weighted by Gasteiger charge is -2.21. The number of aliphatic hydroxyl groups excluding tert-OH is 1. The van der Waals surface area contributed by atoms with E-state index in [2.05, 4.69) is 32.9 Å². The zero-order valence-electron chi connectivity index (χ0n) is 14.8. The quantitative estimate of drug-likeness (QED) is 0.332. The van der Waals surface area contributed by atoms with E-state index in [-0.39, 0.29) is 18.3 Å². The summed E-state index contributed by atoms with van der Waals surface area (Å²) < 4.78 is 6.10. The molecule has 0 fully saturated rings. The SMILES string of the molecule is CCCC/C=C/[C@H](CCCCCCC)O[C@@H](C)C[C@H](C)O. The smallest absolute Gasteiger partial charge is 0.0759 e. The highest BCUT2D eigenvalue weighted by Gasteiger charge is 2.12. The molecule has 2 heteroatoms. The highest BCUT2D eigenvalue weighted by atomic mass is 16.5.